The molecule has 0 aromatic rings. The predicted molar refractivity (Wildman–Crippen MR) is 49.3 cm³/mol. The highest BCUT2D eigenvalue weighted by Gasteiger charge is 2.33. The molecule has 8 nitrogen and oxygen atoms in total. The summed E-state index contributed by atoms with van der Waals surface area (Å²) in [5.74, 6) is -0.869. The highest BCUT2D eigenvalue weighted by Crippen LogP contribution is 2.07. The van der Waals surface area contributed by atoms with Crippen LogP contribution in [0.15, 0.2) is 0 Å². The molecule has 0 rings (SSSR count). The van der Waals surface area contributed by atoms with Gasteiger partial charge in [0.2, 0.25) is 0 Å². The van der Waals surface area contributed by atoms with Gasteiger partial charge in [0.05, 0.1) is 6.61 Å². The Kier molecular flexibility index (Phi) is 7.34. The van der Waals surface area contributed by atoms with E-state index in [4.69, 9.17) is 15.5 Å². The number of carbonyl (C=O) groups is 1. The molecule has 0 radical (unpaired) electrons. The maximum Gasteiger partial charge on any atom is 0.166 e. The number of carbonyl (C=O) groups excluding carboxylic acids is 1. The fourth-order valence-electron chi connectivity index (χ4n) is 1.04. The Hall–Kier alpha value is -0.610. The van der Waals surface area contributed by atoms with Crippen LogP contribution in [0.4, 0.5) is 0 Å². The average Bonchev–Trinajstić information content (AvgIpc) is 2.26. The van der Waals surface area contributed by atoms with Gasteiger partial charge in [-0.1, -0.05) is 0 Å². The molecule has 0 saturated carbocycles. The summed E-state index contributed by atoms with van der Waals surface area (Å²) < 4.78 is 0. The van der Waals surface area contributed by atoms with Gasteiger partial charge in [-0.2, -0.15) is 0 Å². The molecular weight excluding hydrogens is 224 g/mol. The maximum atomic E-state index is 11.0. The van der Waals surface area contributed by atoms with Crippen molar-refractivity contribution in [3.8, 4) is 0 Å². The lowest BCUT2D eigenvalue weighted by atomic mass is 9.99. The summed E-state index contributed by atoms with van der Waals surface area (Å²) in [7, 11) is 0. The van der Waals surface area contributed by atoms with Crippen LogP contribution in [0.2, 0.25) is 0 Å². The Balaban J connectivity index is 4.30. The molecule has 0 aliphatic heterocycles. The first kappa shape index (κ1) is 15.4. The first-order valence-corrected chi connectivity index (χ1v) is 4.57. The summed E-state index contributed by atoms with van der Waals surface area (Å²) in [4.78, 5) is 14.6. The fourth-order valence-corrected chi connectivity index (χ4v) is 1.04. The average molecular weight is 240 g/mol. The van der Waals surface area contributed by atoms with Gasteiger partial charge in [-0.05, 0) is 0 Å². The summed E-state index contributed by atoms with van der Waals surface area (Å²) in [6, 6.07) is 0. The minimum Gasteiger partial charge on any atom is -0.396 e. The number of aliphatic hydroxyl groups excluding tert-OH is 5. The number of Topliss-reactive ketones (excluding diaryl/α,β-unsaturated/α-hetero) is 1. The Bertz CT molecular complexity index is 208. The van der Waals surface area contributed by atoms with Crippen LogP contribution < -0.4 is 0 Å². The highest BCUT2D eigenvalue weighted by molar-refractivity contribution is 5.83. The molecule has 0 aliphatic rings. The molecule has 0 aliphatic carbocycles. The minimum absolute atomic E-state index is 0.377. The Morgan fingerprint density at radius 2 is 1.69 bits per heavy atom. The van der Waals surface area contributed by atoms with E-state index < -0.39 is 43.4 Å². The van der Waals surface area contributed by atoms with Crippen LogP contribution >= 0.6 is 0 Å². The van der Waals surface area contributed by atoms with E-state index in [9.17, 15) is 20.1 Å². The van der Waals surface area contributed by atoms with Gasteiger partial charge in [0, 0.05) is 6.42 Å². The van der Waals surface area contributed by atoms with E-state index in [-0.39, 0.29) is 6.42 Å². The van der Waals surface area contributed by atoms with E-state index in [1.165, 1.54) is 0 Å². The molecule has 8 heteroatoms. The molecular formula is C8H16O8. The molecule has 0 fully saturated rings. The van der Waals surface area contributed by atoms with Crippen LogP contribution in [0, 0.1) is 0 Å². The number of hydrogen-bond acceptors (Lipinski definition) is 8. The molecule has 0 unspecified atom stereocenters. The number of ketones is 1. The van der Waals surface area contributed by atoms with Crippen molar-refractivity contribution in [2.24, 2.45) is 0 Å². The van der Waals surface area contributed by atoms with Crippen LogP contribution in [-0.2, 0) is 9.68 Å². The van der Waals surface area contributed by atoms with Crippen molar-refractivity contribution < 1.29 is 40.5 Å². The van der Waals surface area contributed by atoms with Crippen LogP contribution in [0.5, 0.6) is 0 Å². The first-order chi connectivity index (χ1) is 7.45. The molecule has 0 bridgehead atoms. The number of rotatable bonds is 8. The molecule has 0 aromatic heterocycles. The lowest BCUT2D eigenvalue weighted by Crippen LogP contribution is -2.48. The maximum absolute atomic E-state index is 11.0. The zero-order valence-electron chi connectivity index (χ0n) is 8.43. The molecule has 0 saturated heterocycles. The topological polar surface area (TPSA) is 148 Å². The van der Waals surface area contributed by atoms with E-state index >= 15 is 0 Å². The second-order valence-corrected chi connectivity index (χ2v) is 3.23. The highest BCUT2D eigenvalue weighted by atomic mass is 17.1. The van der Waals surface area contributed by atoms with E-state index in [0.29, 0.717) is 0 Å². The zero-order valence-corrected chi connectivity index (χ0v) is 8.43. The molecule has 96 valence electrons. The van der Waals surface area contributed by atoms with E-state index in [0.717, 1.165) is 0 Å². The van der Waals surface area contributed by atoms with E-state index in [2.05, 4.69) is 4.89 Å². The normalized spacial score (nSPS) is 18.9. The van der Waals surface area contributed by atoms with E-state index in [1.54, 1.807) is 0 Å². The second-order valence-electron chi connectivity index (χ2n) is 3.23. The monoisotopic (exact) mass is 240 g/mol. The molecule has 4 atom stereocenters. The van der Waals surface area contributed by atoms with Gasteiger partial charge in [-0.15, -0.1) is 0 Å². The molecule has 0 heterocycles. The summed E-state index contributed by atoms with van der Waals surface area (Å²) in [6.07, 6.45) is -7.74. The molecule has 6 N–H and O–H groups in total. The number of hydrogen-bond donors (Lipinski definition) is 6. The molecule has 0 amide bonds. The molecule has 0 spiro atoms. The van der Waals surface area contributed by atoms with Crippen molar-refractivity contribution in [1.82, 2.24) is 0 Å². The lowest BCUT2D eigenvalue weighted by Gasteiger charge is -2.24. The first-order valence-electron chi connectivity index (χ1n) is 4.57. The van der Waals surface area contributed by atoms with Gasteiger partial charge in [0.25, 0.3) is 0 Å². The summed E-state index contributed by atoms with van der Waals surface area (Å²) >= 11 is 0. The SMILES string of the molecule is O=C(CCO)[C@H](O)[C@@H](O)[C@H](O)[C@H](O)COO. The Morgan fingerprint density at radius 3 is 2.12 bits per heavy atom. The molecule has 16 heavy (non-hydrogen) atoms. The Morgan fingerprint density at radius 1 is 1.12 bits per heavy atom. The van der Waals surface area contributed by atoms with Gasteiger partial charge in [-0.3, -0.25) is 10.1 Å². The molecule has 0 aromatic carbocycles. The third-order valence-electron chi connectivity index (χ3n) is 2.00. The van der Waals surface area contributed by atoms with Gasteiger partial charge in [-0.25, -0.2) is 4.89 Å². The van der Waals surface area contributed by atoms with Crippen LogP contribution in [0.25, 0.3) is 0 Å². The quantitative estimate of drug-likeness (QED) is 0.193. The summed E-state index contributed by atoms with van der Waals surface area (Å²) in [6.45, 7) is -1.18. The smallest absolute Gasteiger partial charge is 0.166 e. The van der Waals surface area contributed by atoms with Gasteiger partial charge >= 0.3 is 0 Å². The third kappa shape index (κ3) is 4.49. The van der Waals surface area contributed by atoms with Crippen molar-refractivity contribution in [3.05, 3.63) is 0 Å². The Labute approximate surface area is 91.3 Å². The zero-order chi connectivity index (χ0) is 12.7. The van der Waals surface area contributed by atoms with E-state index in [1.807, 2.05) is 0 Å². The van der Waals surface area contributed by atoms with Crippen molar-refractivity contribution in [1.29, 1.82) is 0 Å². The second kappa shape index (κ2) is 7.63. The summed E-state index contributed by atoms with van der Waals surface area (Å²) in [5.41, 5.74) is 0. The van der Waals surface area contributed by atoms with Gasteiger partial charge in [0.15, 0.2) is 5.78 Å². The largest absolute Gasteiger partial charge is 0.396 e. The minimum atomic E-state index is -1.93. The standard InChI is InChI=1S/C8H16O8/c9-2-1-4(10)6(12)8(14)7(13)5(11)3-16-15/h5-9,11-15H,1-3H2/t5-,6+,7-,8-/m1/s1. The number of aliphatic hydroxyl groups is 5. The fraction of sp³-hybridized carbons (Fsp3) is 0.875. The summed E-state index contributed by atoms with van der Waals surface area (Å²) in [5, 5.41) is 53.2. The van der Waals surface area contributed by atoms with Gasteiger partial charge in [0.1, 0.15) is 31.0 Å². The van der Waals surface area contributed by atoms with Crippen LogP contribution in [-0.4, -0.2) is 74.2 Å². The third-order valence-corrected chi connectivity index (χ3v) is 2.00. The predicted octanol–water partition coefficient (Wildman–Crippen LogP) is -3.13. The lowest BCUT2D eigenvalue weighted by molar-refractivity contribution is -0.267. The van der Waals surface area contributed by atoms with Crippen molar-refractivity contribution >= 4 is 5.78 Å². The van der Waals surface area contributed by atoms with Crippen molar-refractivity contribution in [2.45, 2.75) is 30.8 Å². The van der Waals surface area contributed by atoms with Gasteiger partial charge < -0.3 is 25.5 Å². The van der Waals surface area contributed by atoms with Crippen LogP contribution in [0.1, 0.15) is 6.42 Å². The van der Waals surface area contributed by atoms with Crippen molar-refractivity contribution in [2.75, 3.05) is 13.2 Å². The van der Waals surface area contributed by atoms with Crippen molar-refractivity contribution in [3.63, 3.8) is 0 Å². The van der Waals surface area contributed by atoms with Crippen LogP contribution in [0.3, 0.4) is 0 Å².